The Morgan fingerprint density at radius 3 is 2.67 bits per heavy atom. The molecule has 0 saturated carbocycles. The number of primary amides is 1. The van der Waals surface area contributed by atoms with E-state index in [0.29, 0.717) is 16.5 Å². The molecule has 3 N–H and O–H groups in total. The van der Waals surface area contributed by atoms with E-state index in [2.05, 4.69) is 12.2 Å². The molecule has 0 spiro atoms. The third-order valence-electron chi connectivity index (χ3n) is 2.74. The van der Waals surface area contributed by atoms with Gasteiger partial charge in [0.1, 0.15) is 0 Å². The van der Waals surface area contributed by atoms with Crippen LogP contribution in [0.4, 0.5) is 0 Å². The van der Waals surface area contributed by atoms with Crippen molar-refractivity contribution in [1.29, 1.82) is 0 Å². The van der Waals surface area contributed by atoms with E-state index in [1.165, 1.54) is 0 Å². The van der Waals surface area contributed by atoms with Crippen molar-refractivity contribution >= 4 is 29.1 Å². The summed E-state index contributed by atoms with van der Waals surface area (Å²) in [5.41, 5.74) is 6.17. The van der Waals surface area contributed by atoms with Crippen molar-refractivity contribution in [2.45, 2.75) is 32.2 Å². The fourth-order valence-electron chi connectivity index (χ4n) is 1.64. The summed E-state index contributed by atoms with van der Waals surface area (Å²) in [5.74, 6) is -0.243. The molecular weight excluding hydrogens is 271 g/mol. The monoisotopic (exact) mass is 288 g/mol. The summed E-state index contributed by atoms with van der Waals surface area (Å²) in [7, 11) is 0. The Kier molecular flexibility index (Phi) is 6.47. The number of rotatable bonds is 7. The maximum absolute atomic E-state index is 10.6. The average molecular weight is 289 g/mol. The number of carbonyl (C=O) groups is 1. The highest BCUT2D eigenvalue weighted by molar-refractivity contribution is 6.42. The number of nitrogens with one attached hydrogen (secondary N) is 1. The highest BCUT2D eigenvalue weighted by Crippen LogP contribution is 2.25. The van der Waals surface area contributed by atoms with Gasteiger partial charge in [-0.15, -0.1) is 0 Å². The number of amides is 1. The molecule has 0 saturated heterocycles. The van der Waals surface area contributed by atoms with Crippen molar-refractivity contribution in [2.75, 3.05) is 6.54 Å². The summed E-state index contributed by atoms with van der Waals surface area (Å²) in [5, 5.41) is 4.50. The standard InChI is InChI=1S/C13H18Cl2N2O/c1-9(17-7-3-2-4-13(16)18)10-5-6-11(14)12(15)8-10/h5-6,8-9,17H,2-4,7H2,1H3,(H2,16,18). The molecule has 0 aliphatic heterocycles. The smallest absolute Gasteiger partial charge is 0.217 e. The first-order valence-corrected chi connectivity index (χ1v) is 6.73. The van der Waals surface area contributed by atoms with Crippen molar-refractivity contribution in [3.8, 4) is 0 Å². The van der Waals surface area contributed by atoms with Gasteiger partial charge in [-0.25, -0.2) is 0 Å². The fourth-order valence-corrected chi connectivity index (χ4v) is 1.95. The lowest BCUT2D eigenvalue weighted by Crippen LogP contribution is -2.20. The molecule has 1 atom stereocenters. The molecule has 1 aromatic carbocycles. The molecule has 0 aromatic heterocycles. The third kappa shape index (κ3) is 5.25. The van der Waals surface area contributed by atoms with Crippen LogP contribution in [0.2, 0.25) is 10.0 Å². The zero-order valence-electron chi connectivity index (χ0n) is 10.4. The normalized spacial score (nSPS) is 12.4. The van der Waals surface area contributed by atoms with Gasteiger partial charge in [0, 0.05) is 12.5 Å². The van der Waals surface area contributed by atoms with Gasteiger partial charge in [-0.1, -0.05) is 29.3 Å². The molecule has 0 aliphatic rings. The molecular formula is C13H18Cl2N2O. The van der Waals surface area contributed by atoms with Gasteiger partial charge >= 0.3 is 0 Å². The summed E-state index contributed by atoms with van der Waals surface area (Å²) < 4.78 is 0. The van der Waals surface area contributed by atoms with E-state index in [1.54, 1.807) is 6.07 Å². The second-order valence-corrected chi connectivity index (χ2v) is 5.09. The lowest BCUT2D eigenvalue weighted by molar-refractivity contribution is -0.118. The molecule has 0 fully saturated rings. The van der Waals surface area contributed by atoms with Crippen molar-refractivity contribution in [1.82, 2.24) is 5.32 Å². The predicted molar refractivity (Wildman–Crippen MR) is 75.9 cm³/mol. The van der Waals surface area contributed by atoms with E-state index in [-0.39, 0.29) is 11.9 Å². The molecule has 0 bridgehead atoms. The second-order valence-electron chi connectivity index (χ2n) is 4.27. The van der Waals surface area contributed by atoms with Gasteiger partial charge < -0.3 is 11.1 Å². The molecule has 1 amide bonds. The Balaban J connectivity index is 2.34. The van der Waals surface area contributed by atoms with E-state index < -0.39 is 0 Å². The van der Waals surface area contributed by atoms with Gasteiger partial charge in [0.05, 0.1) is 10.0 Å². The maximum Gasteiger partial charge on any atom is 0.217 e. The second kappa shape index (κ2) is 7.62. The zero-order valence-corrected chi connectivity index (χ0v) is 11.9. The molecule has 100 valence electrons. The number of nitrogens with two attached hydrogens (primary N) is 1. The average Bonchev–Trinajstić information content (AvgIpc) is 2.31. The Bertz CT molecular complexity index is 410. The van der Waals surface area contributed by atoms with Crippen molar-refractivity contribution < 1.29 is 4.79 Å². The highest BCUT2D eigenvalue weighted by Gasteiger charge is 2.06. The Hall–Kier alpha value is -0.770. The highest BCUT2D eigenvalue weighted by atomic mass is 35.5. The Morgan fingerprint density at radius 2 is 2.06 bits per heavy atom. The maximum atomic E-state index is 10.6. The summed E-state index contributed by atoms with van der Waals surface area (Å²) in [6, 6.07) is 5.82. The predicted octanol–water partition coefficient (Wildman–Crippen LogP) is 3.30. The first kappa shape index (κ1) is 15.3. The van der Waals surface area contributed by atoms with Crippen molar-refractivity contribution in [3.63, 3.8) is 0 Å². The van der Waals surface area contributed by atoms with Gasteiger partial charge in [0.15, 0.2) is 0 Å². The van der Waals surface area contributed by atoms with E-state index in [9.17, 15) is 4.79 Å². The minimum Gasteiger partial charge on any atom is -0.370 e. The lowest BCUT2D eigenvalue weighted by Gasteiger charge is -2.14. The third-order valence-corrected chi connectivity index (χ3v) is 3.48. The largest absolute Gasteiger partial charge is 0.370 e. The summed E-state index contributed by atoms with van der Waals surface area (Å²) in [6.45, 7) is 2.91. The van der Waals surface area contributed by atoms with Gasteiger partial charge in [-0.2, -0.15) is 0 Å². The quantitative estimate of drug-likeness (QED) is 0.757. The van der Waals surface area contributed by atoms with Crippen LogP contribution in [0.1, 0.15) is 37.8 Å². The molecule has 1 unspecified atom stereocenters. The summed E-state index contributed by atoms with van der Waals surface area (Å²) >= 11 is 11.8. The van der Waals surface area contributed by atoms with Gasteiger partial charge in [0.2, 0.25) is 5.91 Å². The lowest BCUT2D eigenvalue weighted by atomic mass is 10.1. The van der Waals surface area contributed by atoms with Crippen LogP contribution < -0.4 is 11.1 Å². The molecule has 1 rings (SSSR count). The van der Waals surface area contributed by atoms with Gasteiger partial charge in [-0.3, -0.25) is 4.79 Å². The molecule has 0 radical (unpaired) electrons. The van der Waals surface area contributed by atoms with Crippen LogP contribution in [0.3, 0.4) is 0 Å². The molecule has 0 heterocycles. The minimum absolute atomic E-state index is 0.202. The van der Waals surface area contributed by atoms with E-state index in [0.717, 1.165) is 24.9 Å². The van der Waals surface area contributed by atoms with Crippen LogP contribution in [0.25, 0.3) is 0 Å². The van der Waals surface area contributed by atoms with Crippen LogP contribution in [-0.4, -0.2) is 12.5 Å². The number of halogens is 2. The Labute approximate surface area is 118 Å². The van der Waals surface area contributed by atoms with Gasteiger partial charge in [-0.05, 0) is 44.0 Å². The van der Waals surface area contributed by atoms with Crippen LogP contribution in [-0.2, 0) is 4.79 Å². The first-order chi connectivity index (χ1) is 8.50. The van der Waals surface area contributed by atoms with Crippen molar-refractivity contribution in [3.05, 3.63) is 33.8 Å². The number of hydrogen-bond acceptors (Lipinski definition) is 2. The number of unbranched alkanes of at least 4 members (excludes halogenated alkanes) is 1. The minimum atomic E-state index is -0.243. The van der Waals surface area contributed by atoms with Crippen LogP contribution in [0.5, 0.6) is 0 Å². The molecule has 3 nitrogen and oxygen atoms in total. The Morgan fingerprint density at radius 1 is 1.33 bits per heavy atom. The van der Waals surface area contributed by atoms with Crippen LogP contribution >= 0.6 is 23.2 Å². The molecule has 5 heteroatoms. The fraction of sp³-hybridized carbons (Fsp3) is 0.462. The van der Waals surface area contributed by atoms with E-state index >= 15 is 0 Å². The number of hydrogen-bond donors (Lipinski definition) is 2. The van der Waals surface area contributed by atoms with E-state index in [1.807, 2.05) is 12.1 Å². The SMILES string of the molecule is CC(NCCCCC(N)=O)c1ccc(Cl)c(Cl)c1. The molecule has 0 aliphatic carbocycles. The van der Waals surface area contributed by atoms with Crippen LogP contribution in [0.15, 0.2) is 18.2 Å². The van der Waals surface area contributed by atoms with Gasteiger partial charge in [0.25, 0.3) is 0 Å². The van der Waals surface area contributed by atoms with Crippen molar-refractivity contribution in [2.24, 2.45) is 5.73 Å². The van der Waals surface area contributed by atoms with Crippen LogP contribution in [0, 0.1) is 0 Å². The topological polar surface area (TPSA) is 55.1 Å². The molecule has 18 heavy (non-hydrogen) atoms. The number of benzene rings is 1. The summed E-state index contributed by atoms with van der Waals surface area (Å²) in [4.78, 5) is 10.6. The summed E-state index contributed by atoms with van der Waals surface area (Å²) in [6.07, 6.45) is 2.19. The number of carbonyl (C=O) groups excluding carboxylic acids is 1. The molecule has 1 aromatic rings. The van der Waals surface area contributed by atoms with E-state index in [4.69, 9.17) is 28.9 Å². The zero-order chi connectivity index (χ0) is 13.5. The first-order valence-electron chi connectivity index (χ1n) is 5.97.